The Morgan fingerprint density at radius 2 is 1.66 bits per heavy atom. The third-order valence-electron chi connectivity index (χ3n) is 6.01. The standard InChI is InChI=1S/C26H23FN4S/c1-17-16-20(18(2)30(17)23-14-7-6-12-21(23)27)25-24(22-13-8-9-15-28-22)29-26(32)31(25)19-10-4-3-5-11-19/h3-16,24-25H,1-2H3,(H,29,32)/t24-,25-/m0/s1. The predicted molar refractivity (Wildman–Crippen MR) is 130 cm³/mol. The Kier molecular flexibility index (Phi) is 5.23. The number of halogens is 1. The van der Waals surface area contributed by atoms with Gasteiger partial charge in [-0.25, -0.2) is 4.39 Å². The van der Waals surface area contributed by atoms with Crippen molar-refractivity contribution < 1.29 is 4.39 Å². The molecule has 1 aliphatic heterocycles. The smallest absolute Gasteiger partial charge is 0.174 e. The highest BCUT2D eigenvalue weighted by atomic mass is 32.1. The number of aromatic nitrogens is 2. The second kappa shape index (κ2) is 8.20. The Balaban J connectivity index is 1.70. The Bertz CT molecular complexity index is 1270. The molecule has 0 aliphatic carbocycles. The highest BCUT2D eigenvalue weighted by Gasteiger charge is 2.42. The van der Waals surface area contributed by atoms with Crippen LogP contribution in [0.25, 0.3) is 5.69 Å². The first-order chi connectivity index (χ1) is 15.6. The van der Waals surface area contributed by atoms with Gasteiger partial charge in [0.25, 0.3) is 0 Å². The molecule has 0 spiro atoms. The number of hydrogen-bond donors (Lipinski definition) is 1. The van der Waals surface area contributed by atoms with Crippen molar-refractivity contribution in [3.8, 4) is 5.69 Å². The fourth-order valence-corrected chi connectivity index (χ4v) is 4.97. The Morgan fingerprint density at radius 1 is 0.938 bits per heavy atom. The molecular weight excluding hydrogens is 419 g/mol. The molecule has 4 nitrogen and oxygen atoms in total. The fraction of sp³-hybridized carbons (Fsp3) is 0.154. The number of benzene rings is 2. The lowest BCUT2D eigenvalue weighted by atomic mass is 9.96. The monoisotopic (exact) mass is 442 g/mol. The van der Waals surface area contributed by atoms with Crippen molar-refractivity contribution in [2.75, 3.05) is 4.90 Å². The van der Waals surface area contributed by atoms with Gasteiger partial charge in [0, 0.05) is 23.3 Å². The molecule has 2 aromatic carbocycles. The van der Waals surface area contributed by atoms with E-state index in [9.17, 15) is 4.39 Å². The number of thiocarbonyl (C=S) groups is 1. The van der Waals surface area contributed by atoms with Crippen LogP contribution in [0.4, 0.5) is 10.1 Å². The first-order valence-corrected chi connectivity index (χ1v) is 11.0. The van der Waals surface area contributed by atoms with E-state index in [2.05, 4.69) is 33.4 Å². The van der Waals surface area contributed by atoms with E-state index in [1.54, 1.807) is 12.3 Å². The van der Waals surface area contributed by atoms with Crippen LogP contribution in [0, 0.1) is 19.7 Å². The summed E-state index contributed by atoms with van der Waals surface area (Å²) in [5.74, 6) is -0.248. The van der Waals surface area contributed by atoms with Gasteiger partial charge in [-0.05, 0) is 74.1 Å². The third-order valence-corrected chi connectivity index (χ3v) is 6.33. The van der Waals surface area contributed by atoms with E-state index in [0.717, 1.165) is 28.3 Å². The van der Waals surface area contributed by atoms with E-state index in [4.69, 9.17) is 12.2 Å². The number of aryl methyl sites for hydroxylation is 1. The summed E-state index contributed by atoms with van der Waals surface area (Å²) in [6.45, 7) is 4.04. The average molecular weight is 443 g/mol. The molecule has 0 bridgehead atoms. The lowest BCUT2D eigenvalue weighted by Gasteiger charge is -2.28. The van der Waals surface area contributed by atoms with Crippen molar-refractivity contribution in [1.29, 1.82) is 0 Å². The van der Waals surface area contributed by atoms with Crippen molar-refractivity contribution in [2.24, 2.45) is 0 Å². The predicted octanol–water partition coefficient (Wildman–Crippen LogP) is 5.81. The second-order valence-corrected chi connectivity index (χ2v) is 8.33. The van der Waals surface area contributed by atoms with Gasteiger partial charge in [-0.2, -0.15) is 0 Å². The second-order valence-electron chi connectivity index (χ2n) is 7.95. The molecule has 0 saturated carbocycles. The number of pyridine rings is 1. The molecule has 4 aromatic rings. The largest absolute Gasteiger partial charge is 0.351 e. The Labute approximate surface area is 192 Å². The lowest BCUT2D eigenvalue weighted by molar-refractivity contribution is 0.564. The normalized spacial score (nSPS) is 18.1. The van der Waals surface area contributed by atoms with Crippen LogP contribution in [-0.2, 0) is 0 Å². The van der Waals surface area contributed by atoms with Gasteiger partial charge in [0.1, 0.15) is 5.82 Å². The summed E-state index contributed by atoms with van der Waals surface area (Å²) in [4.78, 5) is 6.76. The molecule has 2 aromatic heterocycles. The van der Waals surface area contributed by atoms with Crippen LogP contribution in [-0.4, -0.2) is 14.7 Å². The maximum absolute atomic E-state index is 14.7. The van der Waals surface area contributed by atoms with E-state index in [1.807, 2.05) is 66.9 Å². The minimum Gasteiger partial charge on any atom is -0.351 e. The molecule has 0 unspecified atom stereocenters. The molecule has 0 amide bonds. The summed E-state index contributed by atoms with van der Waals surface area (Å²) < 4.78 is 16.7. The summed E-state index contributed by atoms with van der Waals surface area (Å²) >= 11 is 5.79. The van der Waals surface area contributed by atoms with Gasteiger partial charge >= 0.3 is 0 Å². The van der Waals surface area contributed by atoms with E-state index in [1.165, 1.54) is 6.07 Å². The molecule has 1 fully saturated rings. The van der Waals surface area contributed by atoms with E-state index >= 15 is 0 Å². The maximum atomic E-state index is 14.7. The third kappa shape index (κ3) is 3.37. The van der Waals surface area contributed by atoms with Gasteiger partial charge in [0.15, 0.2) is 5.11 Å². The van der Waals surface area contributed by atoms with Crippen molar-refractivity contribution in [3.63, 3.8) is 0 Å². The van der Waals surface area contributed by atoms with E-state index < -0.39 is 0 Å². The zero-order valence-corrected chi connectivity index (χ0v) is 18.7. The van der Waals surface area contributed by atoms with Crippen LogP contribution >= 0.6 is 12.2 Å². The number of rotatable bonds is 4. The Morgan fingerprint density at radius 3 is 2.38 bits per heavy atom. The van der Waals surface area contributed by atoms with Gasteiger partial charge in [0.05, 0.1) is 23.5 Å². The zero-order valence-electron chi connectivity index (χ0n) is 17.9. The molecule has 32 heavy (non-hydrogen) atoms. The summed E-state index contributed by atoms with van der Waals surface area (Å²) in [6, 6.07) is 24.7. The van der Waals surface area contributed by atoms with Gasteiger partial charge in [-0.3, -0.25) is 4.98 Å². The molecule has 1 N–H and O–H groups in total. The first-order valence-electron chi connectivity index (χ1n) is 10.6. The lowest BCUT2D eigenvalue weighted by Crippen LogP contribution is -2.29. The summed E-state index contributed by atoms with van der Waals surface area (Å²) in [7, 11) is 0. The van der Waals surface area contributed by atoms with E-state index in [-0.39, 0.29) is 17.9 Å². The van der Waals surface area contributed by atoms with Gasteiger partial charge < -0.3 is 14.8 Å². The maximum Gasteiger partial charge on any atom is 0.174 e. The average Bonchev–Trinajstić information content (AvgIpc) is 3.31. The van der Waals surface area contributed by atoms with Gasteiger partial charge in [-0.15, -0.1) is 0 Å². The van der Waals surface area contributed by atoms with Crippen LogP contribution in [0.2, 0.25) is 0 Å². The van der Waals surface area contributed by atoms with Crippen molar-refractivity contribution in [3.05, 3.63) is 114 Å². The molecule has 6 heteroatoms. The highest BCUT2D eigenvalue weighted by molar-refractivity contribution is 7.80. The molecule has 1 saturated heterocycles. The topological polar surface area (TPSA) is 33.1 Å². The Hall–Kier alpha value is -3.51. The fourth-order valence-electron chi connectivity index (χ4n) is 4.63. The SMILES string of the molecule is Cc1cc([C@H]2[C@H](c3ccccn3)NC(=S)N2c2ccccc2)c(C)n1-c1ccccc1F. The zero-order chi connectivity index (χ0) is 22.2. The first kappa shape index (κ1) is 20.4. The number of nitrogens with one attached hydrogen (secondary N) is 1. The van der Waals surface area contributed by atoms with Crippen molar-refractivity contribution >= 4 is 23.0 Å². The summed E-state index contributed by atoms with van der Waals surface area (Å²) in [5.41, 5.74) is 5.48. The molecule has 5 rings (SSSR count). The molecule has 1 aliphatic rings. The number of hydrogen-bond acceptors (Lipinski definition) is 2. The number of para-hydroxylation sites is 2. The molecular formula is C26H23FN4S. The quantitative estimate of drug-likeness (QED) is 0.405. The minimum atomic E-state index is -0.248. The van der Waals surface area contributed by atoms with Crippen molar-refractivity contribution in [1.82, 2.24) is 14.9 Å². The molecule has 3 heterocycles. The van der Waals surface area contributed by atoms with Gasteiger partial charge in [0.2, 0.25) is 0 Å². The molecule has 2 atom stereocenters. The van der Waals surface area contributed by atoms with Crippen LogP contribution in [0.3, 0.4) is 0 Å². The minimum absolute atomic E-state index is 0.133. The van der Waals surface area contributed by atoms with Gasteiger partial charge in [-0.1, -0.05) is 36.4 Å². The molecule has 0 radical (unpaired) electrons. The van der Waals surface area contributed by atoms with Crippen LogP contribution in [0.1, 0.15) is 34.7 Å². The van der Waals surface area contributed by atoms with Crippen LogP contribution in [0.15, 0.2) is 85.1 Å². The van der Waals surface area contributed by atoms with E-state index in [0.29, 0.717) is 10.8 Å². The number of anilines is 1. The summed E-state index contributed by atoms with van der Waals surface area (Å²) in [5, 5.41) is 4.13. The molecule has 160 valence electrons. The van der Waals surface area contributed by atoms with Crippen molar-refractivity contribution in [2.45, 2.75) is 25.9 Å². The number of nitrogens with zero attached hydrogens (tertiary/aromatic N) is 3. The summed E-state index contributed by atoms with van der Waals surface area (Å²) in [6.07, 6.45) is 1.80. The highest BCUT2D eigenvalue weighted by Crippen LogP contribution is 2.43. The van der Waals surface area contributed by atoms with Crippen LogP contribution in [0.5, 0.6) is 0 Å². The van der Waals surface area contributed by atoms with Crippen LogP contribution < -0.4 is 10.2 Å².